The smallest absolute Gasteiger partial charge is 0.242 e. The molecule has 0 bridgehead atoms. The van der Waals surface area contributed by atoms with Crippen LogP contribution in [-0.2, 0) is 4.79 Å². The number of likely N-dealkylation sites (N-methyl/N-ethyl adjacent to an activating group) is 1. The van der Waals surface area contributed by atoms with Crippen LogP contribution in [0.1, 0.15) is 32.9 Å². The summed E-state index contributed by atoms with van der Waals surface area (Å²) in [4.78, 5) is 20.3. The molecule has 1 aromatic rings. The number of hydrogen-bond donors (Lipinski definition) is 3. The molecule has 1 atom stereocenters. The third kappa shape index (κ3) is 5.11. The van der Waals surface area contributed by atoms with Crippen LogP contribution in [0.5, 0.6) is 0 Å². The van der Waals surface area contributed by atoms with Crippen LogP contribution in [0.3, 0.4) is 0 Å². The third-order valence-electron chi connectivity index (χ3n) is 2.50. The van der Waals surface area contributed by atoms with E-state index in [-0.39, 0.29) is 11.9 Å². The predicted molar refractivity (Wildman–Crippen MR) is 77.3 cm³/mol. The summed E-state index contributed by atoms with van der Waals surface area (Å²) in [5, 5.41) is 8.99. The molecule has 1 aromatic heterocycles. The number of anilines is 2. The van der Waals surface area contributed by atoms with Crippen molar-refractivity contribution in [1.82, 2.24) is 15.3 Å². The quantitative estimate of drug-likeness (QED) is 0.697. The Labute approximate surface area is 114 Å². The maximum Gasteiger partial charge on any atom is 0.242 e. The normalized spacial score (nSPS) is 11.8. The van der Waals surface area contributed by atoms with Crippen LogP contribution >= 0.6 is 0 Å². The molecular formula is C13H23N5O. The van der Waals surface area contributed by atoms with E-state index in [4.69, 9.17) is 0 Å². The van der Waals surface area contributed by atoms with Gasteiger partial charge in [-0.3, -0.25) is 4.79 Å². The zero-order valence-corrected chi connectivity index (χ0v) is 12.1. The highest BCUT2D eigenvalue weighted by atomic mass is 16.2. The standard InChI is InChI=1S/C13H23N5O/c1-5-7-15-13-16-9(3)8-11(18-13)17-10(4)12(19)14-6-2/h8,10H,5-7H2,1-4H3,(H,14,19)(H2,15,16,17,18). The maximum atomic E-state index is 11.7. The summed E-state index contributed by atoms with van der Waals surface area (Å²) < 4.78 is 0. The lowest BCUT2D eigenvalue weighted by Crippen LogP contribution is -2.37. The molecule has 3 N–H and O–H groups in total. The van der Waals surface area contributed by atoms with Crippen LogP contribution in [0.4, 0.5) is 11.8 Å². The average molecular weight is 265 g/mol. The van der Waals surface area contributed by atoms with Crippen molar-refractivity contribution in [2.75, 3.05) is 23.7 Å². The van der Waals surface area contributed by atoms with Crippen molar-refractivity contribution in [1.29, 1.82) is 0 Å². The van der Waals surface area contributed by atoms with Crippen LogP contribution in [0, 0.1) is 6.92 Å². The first-order valence-corrected chi connectivity index (χ1v) is 6.70. The van der Waals surface area contributed by atoms with E-state index in [9.17, 15) is 4.79 Å². The van der Waals surface area contributed by atoms with Gasteiger partial charge in [0.25, 0.3) is 0 Å². The first-order chi connectivity index (χ1) is 9.06. The number of nitrogens with zero attached hydrogens (tertiary/aromatic N) is 2. The zero-order valence-electron chi connectivity index (χ0n) is 12.1. The molecule has 0 saturated carbocycles. The largest absolute Gasteiger partial charge is 0.358 e. The molecular weight excluding hydrogens is 242 g/mol. The van der Waals surface area contributed by atoms with Gasteiger partial charge in [0.2, 0.25) is 11.9 Å². The highest BCUT2D eigenvalue weighted by Gasteiger charge is 2.12. The molecule has 1 heterocycles. The highest BCUT2D eigenvalue weighted by molar-refractivity contribution is 5.83. The van der Waals surface area contributed by atoms with E-state index in [1.807, 2.05) is 26.8 Å². The Morgan fingerprint density at radius 3 is 2.74 bits per heavy atom. The Balaban J connectivity index is 2.71. The van der Waals surface area contributed by atoms with Crippen LogP contribution < -0.4 is 16.0 Å². The molecule has 0 aliphatic carbocycles. The molecule has 0 aromatic carbocycles. The molecule has 106 valence electrons. The zero-order chi connectivity index (χ0) is 14.3. The third-order valence-corrected chi connectivity index (χ3v) is 2.50. The molecule has 0 aliphatic heterocycles. The minimum absolute atomic E-state index is 0.0400. The van der Waals surface area contributed by atoms with E-state index in [1.54, 1.807) is 0 Å². The Kier molecular flexibility index (Phi) is 6.05. The lowest BCUT2D eigenvalue weighted by molar-refractivity contribution is -0.121. The topological polar surface area (TPSA) is 78.9 Å². The van der Waals surface area contributed by atoms with Gasteiger partial charge in [0.05, 0.1) is 0 Å². The summed E-state index contributed by atoms with van der Waals surface area (Å²) in [7, 11) is 0. The van der Waals surface area contributed by atoms with Crippen molar-refractivity contribution < 1.29 is 4.79 Å². The van der Waals surface area contributed by atoms with Gasteiger partial charge >= 0.3 is 0 Å². The van der Waals surface area contributed by atoms with Gasteiger partial charge in [0.1, 0.15) is 11.9 Å². The van der Waals surface area contributed by atoms with Crippen molar-refractivity contribution in [2.24, 2.45) is 0 Å². The van der Waals surface area contributed by atoms with Gasteiger partial charge in [-0.05, 0) is 27.2 Å². The summed E-state index contributed by atoms with van der Waals surface area (Å²) in [6.45, 7) is 9.14. The fraction of sp³-hybridized carbons (Fsp3) is 0.615. The minimum atomic E-state index is -0.326. The lowest BCUT2D eigenvalue weighted by Gasteiger charge is -2.15. The first-order valence-electron chi connectivity index (χ1n) is 6.70. The Hall–Kier alpha value is -1.85. The molecule has 0 fully saturated rings. The van der Waals surface area contributed by atoms with Gasteiger partial charge in [-0.1, -0.05) is 6.92 Å². The van der Waals surface area contributed by atoms with E-state index in [0.717, 1.165) is 18.7 Å². The van der Waals surface area contributed by atoms with E-state index in [2.05, 4.69) is 32.8 Å². The summed E-state index contributed by atoms with van der Waals surface area (Å²) in [6, 6.07) is 1.50. The Morgan fingerprint density at radius 2 is 2.11 bits per heavy atom. The van der Waals surface area contributed by atoms with Gasteiger partial charge in [0, 0.05) is 24.8 Å². The number of aromatic nitrogens is 2. The van der Waals surface area contributed by atoms with Gasteiger partial charge in [0.15, 0.2) is 0 Å². The fourth-order valence-electron chi connectivity index (χ4n) is 1.57. The molecule has 0 saturated heterocycles. The fourth-order valence-corrected chi connectivity index (χ4v) is 1.57. The lowest BCUT2D eigenvalue weighted by atomic mass is 10.3. The molecule has 1 rings (SSSR count). The van der Waals surface area contributed by atoms with Crippen molar-refractivity contribution in [3.63, 3.8) is 0 Å². The second kappa shape index (κ2) is 7.56. The van der Waals surface area contributed by atoms with Crippen LogP contribution in [-0.4, -0.2) is 35.0 Å². The summed E-state index contributed by atoms with van der Waals surface area (Å²) in [5.74, 6) is 1.21. The second-order valence-electron chi connectivity index (χ2n) is 4.41. The molecule has 0 spiro atoms. The number of aryl methyl sites for hydroxylation is 1. The molecule has 6 nitrogen and oxygen atoms in total. The Bertz CT molecular complexity index is 421. The van der Waals surface area contributed by atoms with E-state index in [1.165, 1.54) is 0 Å². The number of carbonyl (C=O) groups excluding carboxylic acids is 1. The number of nitrogens with one attached hydrogen (secondary N) is 3. The predicted octanol–water partition coefficient (Wildman–Crippen LogP) is 1.54. The van der Waals surface area contributed by atoms with Crippen LogP contribution in [0.15, 0.2) is 6.07 Å². The van der Waals surface area contributed by atoms with Crippen LogP contribution in [0.2, 0.25) is 0 Å². The molecule has 19 heavy (non-hydrogen) atoms. The minimum Gasteiger partial charge on any atom is -0.358 e. The maximum absolute atomic E-state index is 11.7. The van der Waals surface area contributed by atoms with Crippen molar-refractivity contribution in [3.8, 4) is 0 Å². The first kappa shape index (κ1) is 15.2. The number of carbonyl (C=O) groups is 1. The molecule has 1 unspecified atom stereocenters. The summed E-state index contributed by atoms with van der Waals surface area (Å²) in [5.41, 5.74) is 0.860. The average Bonchev–Trinajstić information content (AvgIpc) is 2.36. The van der Waals surface area contributed by atoms with Crippen LogP contribution in [0.25, 0.3) is 0 Å². The molecule has 6 heteroatoms. The van der Waals surface area contributed by atoms with Gasteiger partial charge < -0.3 is 16.0 Å². The Morgan fingerprint density at radius 1 is 1.37 bits per heavy atom. The summed E-state index contributed by atoms with van der Waals surface area (Å²) >= 11 is 0. The van der Waals surface area contributed by atoms with Crippen molar-refractivity contribution >= 4 is 17.7 Å². The highest BCUT2D eigenvalue weighted by Crippen LogP contribution is 2.10. The van der Waals surface area contributed by atoms with Gasteiger partial charge in [-0.25, -0.2) is 4.98 Å². The number of rotatable bonds is 7. The molecule has 0 aliphatic rings. The van der Waals surface area contributed by atoms with E-state index >= 15 is 0 Å². The van der Waals surface area contributed by atoms with Crippen molar-refractivity contribution in [2.45, 2.75) is 40.2 Å². The van der Waals surface area contributed by atoms with Gasteiger partial charge in [-0.15, -0.1) is 0 Å². The second-order valence-corrected chi connectivity index (χ2v) is 4.41. The van der Waals surface area contributed by atoms with E-state index < -0.39 is 0 Å². The van der Waals surface area contributed by atoms with E-state index in [0.29, 0.717) is 18.3 Å². The monoisotopic (exact) mass is 265 g/mol. The van der Waals surface area contributed by atoms with Gasteiger partial charge in [-0.2, -0.15) is 4.98 Å². The molecule has 0 radical (unpaired) electrons. The molecule has 1 amide bonds. The van der Waals surface area contributed by atoms with Crippen molar-refractivity contribution in [3.05, 3.63) is 11.8 Å². The number of amides is 1. The SMILES string of the molecule is CCCNc1nc(C)cc(NC(C)C(=O)NCC)n1. The summed E-state index contributed by atoms with van der Waals surface area (Å²) in [6.07, 6.45) is 1.01. The number of hydrogen-bond acceptors (Lipinski definition) is 5.